The zero-order valence-corrected chi connectivity index (χ0v) is 25.1. The summed E-state index contributed by atoms with van der Waals surface area (Å²) in [4.78, 5) is 43.7. The molecule has 0 bridgehead atoms. The molecule has 4 rings (SSSR count). The fraction of sp³-hybridized carbons (Fsp3) is 0.500. The van der Waals surface area contributed by atoms with E-state index in [1.165, 1.54) is 12.1 Å². The van der Waals surface area contributed by atoms with E-state index in [9.17, 15) is 18.8 Å². The zero-order chi connectivity index (χ0) is 29.7. The molecule has 2 heterocycles. The van der Waals surface area contributed by atoms with Gasteiger partial charge in [0, 0.05) is 67.3 Å². The standard InChI is InChI=1S/C30H38Cl2FN5O3/c1-19(2)14-25(35-18-28(34)39)23-17-22(33)7-8-26(23)36-10-12-37(13-11-36)30(41)27(38-9-3-4-29(38)40)15-20-5-6-21(31)16-24(20)32/h5-8,16-17,19,25,27,35H,3-4,9-15,18H2,1-2H3,(H2,34,39)/t25-,27+/m0/s1. The van der Waals surface area contributed by atoms with Crippen LogP contribution in [-0.2, 0) is 20.8 Å². The van der Waals surface area contributed by atoms with Gasteiger partial charge in [-0.15, -0.1) is 0 Å². The third-order valence-electron chi connectivity index (χ3n) is 7.73. The Kier molecular flexibility index (Phi) is 10.5. The molecule has 2 aromatic carbocycles. The summed E-state index contributed by atoms with van der Waals surface area (Å²) in [6.07, 6.45) is 2.16. The molecule has 2 atom stereocenters. The minimum atomic E-state index is -0.648. The van der Waals surface area contributed by atoms with Gasteiger partial charge in [0.05, 0.1) is 6.54 Å². The molecule has 2 fully saturated rings. The number of hydrogen-bond acceptors (Lipinski definition) is 5. The number of nitrogens with zero attached hydrogens (tertiary/aromatic N) is 3. The molecule has 3 N–H and O–H groups in total. The van der Waals surface area contributed by atoms with Crippen LogP contribution in [0.4, 0.5) is 10.1 Å². The quantitative estimate of drug-likeness (QED) is 0.400. The Morgan fingerprint density at radius 1 is 1.05 bits per heavy atom. The van der Waals surface area contributed by atoms with Gasteiger partial charge in [0.1, 0.15) is 11.9 Å². The number of nitrogens with two attached hydrogens (primary N) is 1. The predicted octanol–water partition coefficient (Wildman–Crippen LogP) is 4.18. The molecule has 41 heavy (non-hydrogen) atoms. The largest absolute Gasteiger partial charge is 0.369 e. The normalized spacial score (nSPS) is 17.3. The molecule has 11 heteroatoms. The fourth-order valence-corrected chi connectivity index (χ4v) is 6.20. The van der Waals surface area contributed by atoms with Crippen molar-refractivity contribution in [3.8, 4) is 0 Å². The average molecular weight is 607 g/mol. The van der Waals surface area contributed by atoms with Crippen molar-refractivity contribution in [3.63, 3.8) is 0 Å². The number of nitrogens with one attached hydrogen (secondary N) is 1. The van der Waals surface area contributed by atoms with Gasteiger partial charge in [-0.1, -0.05) is 43.1 Å². The molecule has 0 aromatic heterocycles. The van der Waals surface area contributed by atoms with E-state index >= 15 is 0 Å². The number of anilines is 1. The van der Waals surface area contributed by atoms with E-state index in [0.29, 0.717) is 67.9 Å². The lowest BCUT2D eigenvalue weighted by Gasteiger charge is -2.40. The summed E-state index contributed by atoms with van der Waals surface area (Å²) in [6.45, 7) is 6.65. The first kappa shape index (κ1) is 31.1. The van der Waals surface area contributed by atoms with Gasteiger partial charge in [0.15, 0.2) is 0 Å². The van der Waals surface area contributed by atoms with E-state index in [2.05, 4.69) is 24.1 Å². The Morgan fingerprint density at radius 2 is 1.78 bits per heavy atom. The zero-order valence-electron chi connectivity index (χ0n) is 23.5. The van der Waals surface area contributed by atoms with Crippen LogP contribution in [0, 0.1) is 11.7 Å². The average Bonchev–Trinajstić information content (AvgIpc) is 3.35. The molecule has 2 aliphatic heterocycles. The molecule has 0 unspecified atom stereocenters. The van der Waals surface area contributed by atoms with Crippen molar-refractivity contribution in [1.29, 1.82) is 0 Å². The Hall–Kier alpha value is -2.88. The first-order valence-electron chi connectivity index (χ1n) is 14.1. The predicted molar refractivity (Wildman–Crippen MR) is 159 cm³/mol. The highest BCUT2D eigenvalue weighted by atomic mass is 35.5. The van der Waals surface area contributed by atoms with Gasteiger partial charge in [-0.05, 0) is 60.2 Å². The van der Waals surface area contributed by atoms with Crippen LogP contribution in [0.15, 0.2) is 36.4 Å². The van der Waals surface area contributed by atoms with E-state index in [1.54, 1.807) is 34.1 Å². The summed E-state index contributed by atoms with van der Waals surface area (Å²) in [7, 11) is 0. The Labute approximate surface area is 250 Å². The number of rotatable bonds is 11. The highest BCUT2D eigenvalue weighted by Crippen LogP contribution is 2.32. The van der Waals surface area contributed by atoms with Crippen LogP contribution in [0.2, 0.25) is 10.0 Å². The lowest BCUT2D eigenvalue weighted by atomic mass is 9.94. The third kappa shape index (κ3) is 7.90. The Morgan fingerprint density at radius 3 is 2.39 bits per heavy atom. The van der Waals surface area contributed by atoms with E-state index in [-0.39, 0.29) is 30.2 Å². The number of piperazine rings is 1. The molecule has 2 aliphatic rings. The van der Waals surface area contributed by atoms with Gasteiger partial charge in [-0.2, -0.15) is 0 Å². The summed E-state index contributed by atoms with van der Waals surface area (Å²) in [5.74, 6) is -0.667. The smallest absolute Gasteiger partial charge is 0.245 e. The number of primary amides is 1. The van der Waals surface area contributed by atoms with Crippen molar-refractivity contribution in [2.45, 2.75) is 51.6 Å². The van der Waals surface area contributed by atoms with Crippen molar-refractivity contribution < 1.29 is 18.8 Å². The van der Waals surface area contributed by atoms with Crippen LogP contribution in [0.25, 0.3) is 0 Å². The topological polar surface area (TPSA) is 99.0 Å². The lowest BCUT2D eigenvalue weighted by Crippen LogP contribution is -2.56. The summed E-state index contributed by atoms with van der Waals surface area (Å²) in [5.41, 5.74) is 7.77. The summed E-state index contributed by atoms with van der Waals surface area (Å²) < 4.78 is 14.4. The molecule has 0 saturated carbocycles. The maximum Gasteiger partial charge on any atom is 0.245 e. The number of likely N-dealkylation sites (tertiary alicyclic amines) is 1. The Bertz CT molecular complexity index is 1270. The van der Waals surface area contributed by atoms with Gasteiger partial charge in [-0.25, -0.2) is 4.39 Å². The highest BCUT2D eigenvalue weighted by Gasteiger charge is 2.37. The first-order valence-corrected chi connectivity index (χ1v) is 14.9. The number of benzene rings is 2. The summed E-state index contributed by atoms with van der Waals surface area (Å²) in [5, 5.41) is 4.17. The van der Waals surface area contributed by atoms with Crippen LogP contribution in [0.3, 0.4) is 0 Å². The van der Waals surface area contributed by atoms with Crippen molar-refractivity contribution in [1.82, 2.24) is 15.1 Å². The van der Waals surface area contributed by atoms with Crippen molar-refractivity contribution in [2.75, 3.05) is 44.2 Å². The van der Waals surface area contributed by atoms with Gasteiger partial charge < -0.3 is 25.8 Å². The third-order valence-corrected chi connectivity index (χ3v) is 8.31. The van der Waals surface area contributed by atoms with Crippen LogP contribution in [0.5, 0.6) is 0 Å². The van der Waals surface area contributed by atoms with Gasteiger partial charge >= 0.3 is 0 Å². The lowest BCUT2D eigenvalue weighted by molar-refractivity contribution is -0.143. The van der Waals surface area contributed by atoms with Crippen LogP contribution in [-0.4, -0.2) is 72.8 Å². The van der Waals surface area contributed by atoms with Gasteiger partial charge in [-0.3, -0.25) is 14.4 Å². The monoisotopic (exact) mass is 605 g/mol. The molecular formula is C30H38Cl2FN5O3. The number of carbonyl (C=O) groups is 3. The molecule has 8 nitrogen and oxygen atoms in total. The molecule has 3 amide bonds. The maximum atomic E-state index is 14.4. The van der Waals surface area contributed by atoms with E-state index in [0.717, 1.165) is 23.2 Å². The molecular weight excluding hydrogens is 568 g/mol. The maximum absolute atomic E-state index is 14.4. The van der Waals surface area contributed by atoms with Crippen molar-refractivity contribution in [3.05, 3.63) is 63.4 Å². The molecule has 0 spiro atoms. The number of amides is 3. The second-order valence-electron chi connectivity index (χ2n) is 11.2. The van der Waals surface area contributed by atoms with Crippen LogP contribution >= 0.6 is 23.2 Å². The van der Waals surface area contributed by atoms with E-state index in [1.807, 2.05) is 0 Å². The molecule has 0 radical (unpaired) electrons. The molecule has 0 aliphatic carbocycles. The molecule has 222 valence electrons. The summed E-state index contributed by atoms with van der Waals surface area (Å²) in [6, 6.07) is 8.98. The highest BCUT2D eigenvalue weighted by molar-refractivity contribution is 6.35. The van der Waals surface area contributed by atoms with Gasteiger partial charge in [0.25, 0.3) is 0 Å². The minimum absolute atomic E-state index is 0.0101. The van der Waals surface area contributed by atoms with E-state index in [4.69, 9.17) is 28.9 Å². The molecule has 2 saturated heterocycles. The summed E-state index contributed by atoms with van der Waals surface area (Å²) >= 11 is 12.5. The first-order chi connectivity index (χ1) is 19.5. The van der Waals surface area contributed by atoms with Crippen LogP contribution < -0.4 is 16.0 Å². The fourth-order valence-electron chi connectivity index (χ4n) is 5.71. The second-order valence-corrected chi connectivity index (χ2v) is 12.0. The number of hydrogen-bond donors (Lipinski definition) is 2. The van der Waals surface area contributed by atoms with Crippen molar-refractivity contribution >= 4 is 46.6 Å². The Balaban J connectivity index is 1.52. The van der Waals surface area contributed by atoms with E-state index < -0.39 is 11.9 Å². The minimum Gasteiger partial charge on any atom is -0.369 e. The van der Waals surface area contributed by atoms with Crippen LogP contribution in [0.1, 0.15) is 50.3 Å². The SMILES string of the molecule is CC(C)C[C@H](NCC(N)=O)c1cc(F)ccc1N1CCN(C(=O)[C@@H](Cc2ccc(Cl)cc2Cl)N2CCCC2=O)CC1. The molecule has 2 aromatic rings. The number of halogens is 3. The number of carbonyl (C=O) groups excluding carboxylic acids is 3. The van der Waals surface area contributed by atoms with Gasteiger partial charge in [0.2, 0.25) is 17.7 Å². The van der Waals surface area contributed by atoms with Crippen molar-refractivity contribution in [2.24, 2.45) is 11.7 Å². The second kappa shape index (κ2) is 13.9.